The quantitative estimate of drug-likeness (QED) is 0.796. The van der Waals surface area contributed by atoms with Crippen LogP contribution in [-0.2, 0) is 16.0 Å². The molecule has 0 spiro atoms. The average molecular weight is 360 g/mol. The van der Waals surface area contributed by atoms with Gasteiger partial charge in [0.05, 0.1) is 5.56 Å². The van der Waals surface area contributed by atoms with Crippen LogP contribution in [-0.4, -0.2) is 23.8 Å². The third-order valence-electron chi connectivity index (χ3n) is 5.16. The Morgan fingerprint density at radius 1 is 1.12 bits per heavy atom. The van der Waals surface area contributed by atoms with Gasteiger partial charge in [-0.2, -0.15) is 0 Å². The molecule has 25 heavy (non-hydrogen) atoms. The maximum absolute atomic E-state index is 12.9. The van der Waals surface area contributed by atoms with Crippen molar-refractivity contribution in [1.82, 2.24) is 10.6 Å². The summed E-state index contributed by atoms with van der Waals surface area (Å²) >= 11 is 1.67. The van der Waals surface area contributed by atoms with Crippen molar-refractivity contribution >= 4 is 34.6 Å². The molecule has 134 valence electrons. The molecular weight excluding hydrogens is 336 g/mol. The molecule has 0 radical (unpaired) electrons. The van der Waals surface area contributed by atoms with Gasteiger partial charge in [-0.1, -0.05) is 5.57 Å². The Hall–Kier alpha value is -1.95. The molecule has 1 fully saturated rings. The SMILES string of the molecule is C/C1=C(\C)c2sc(C)c(C(=O)NC3CCC(=O)NC3=O)c2CCCC1. The second-order valence-electron chi connectivity index (χ2n) is 6.93. The van der Waals surface area contributed by atoms with Crippen molar-refractivity contribution in [1.29, 1.82) is 0 Å². The minimum Gasteiger partial charge on any atom is -0.340 e. The first-order chi connectivity index (χ1) is 11.9. The van der Waals surface area contributed by atoms with Crippen LogP contribution in [0.2, 0.25) is 0 Å². The molecule has 2 heterocycles. The third-order valence-corrected chi connectivity index (χ3v) is 6.43. The molecule has 0 saturated carbocycles. The van der Waals surface area contributed by atoms with Gasteiger partial charge in [-0.05, 0) is 64.0 Å². The monoisotopic (exact) mass is 360 g/mol. The van der Waals surface area contributed by atoms with E-state index in [0.29, 0.717) is 6.42 Å². The molecule has 3 rings (SSSR count). The van der Waals surface area contributed by atoms with Crippen molar-refractivity contribution in [3.63, 3.8) is 0 Å². The molecule has 6 heteroatoms. The van der Waals surface area contributed by atoms with Crippen LogP contribution in [0.25, 0.3) is 5.57 Å². The number of carbonyl (C=O) groups is 3. The summed E-state index contributed by atoms with van der Waals surface area (Å²) in [5.74, 6) is -0.883. The highest BCUT2D eigenvalue weighted by Crippen LogP contribution is 2.38. The maximum Gasteiger partial charge on any atom is 0.253 e. The van der Waals surface area contributed by atoms with E-state index in [-0.39, 0.29) is 18.2 Å². The summed E-state index contributed by atoms with van der Waals surface area (Å²) < 4.78 is 0. The highest BCUT2D eigenvalue weighted by Gasteiger charge is 2.30. The van der Waals surface area contributed by atoms with E-state index in [4.69, 9.17) is 0 Å². The van der Waals surface area contributed by atoms with Crippen molar-refractivity contribution in [3.8, 4) is 0 Å². The summed E-state index contributed by atoms with van der Waals surface area (Å²) in [6.45, 7) is 6.28. The highest BCUT2D eigenvalue weighted by molar-refractivity contribution is 7.13. The van der Waals surface area contributed by atoms with E-state index >= 15 is 0 Å². The molecule has 2 N–H and O–H groups in total. The largest absolute Gasteiger partial charge is 0.340 e. The van der Waals surface area contributed by atoms with E-state index in [1.54, 1.807) is 11.3 Å². The first-order valence-corrected chi connectivity index (χ1v) is 9.63. The Kier molecular flexibility index (Phi) is 5.08. The zero-order valence-electron chi connectivity index (χ0n) is 15.0. The van der Waals surface area contributed by atoms with Crippen molar-refractivity contribution in [3.05, 3.63) is 26.5 Å². The molecule has 0 bridgehead atoms. The summed E-state index contributed by atoms with van der Waals surface area (Å²) in [5.41, 5.74) is 4.50. The Balaban J connectivity index is 1.90. The van der Waals surface area contributed by atoms with Gasteiger partial charge < -0.3 is 5.32 Å². The van der Waals surface area contributed by atoms with Gasteiger partial charge in [0.2, 0.25) is 11.8 Å². The number of allylic oxidation sites excluding steroid dienone is 2. The van der Waals surface area contributed by atoms with Crippen molar-refractivity contribution in [2.45, 2.75) is 65.3 Å². The maximum atomic E-state index is 12.9. The van der Waals surface area contributed by atoms with Gasteiger partial charge in [0.25, 0.3) is 5.91 Å². The smallest absolute Gasteiger partial charge is 0.253 e. The predicted octanol–water partition coefficient (Wildman–Crippen LogP) is 3.11. The number of aryl methyl sites for hydroxylation is 1. The van der Waals surface area contributed by atoms with E-state index in [0.717, 1.165) is 41.7 Å². The minimum atomic E-state index is -0.632. The van der Waals surface area contributed by atoms with E-state index in [1.165, 1.54) is 16.0 Å². The molecule has 1 aliphatic heterocycles. The highest BCUT2D eigenvalue weighted by atomic mass is 32.1. The summed E-state index contributed by atoms with van der Waals surface area (Å²) in [7, 11) is 0. The molecule has 5 nitrogen and oxygen atoms in total. The lowest BCUT2D eigenvalue weighted by Gasteiger charge is -2.22. The number of amides is 3. The summed E-state index contributed by atoms with van der Waals surface area (Å²) in [5, 5.41) is 5.12. The zero-order valence-corrected chi connectivity index (χ0v) is 15.8. The predicted molar refractivity (Wildman–Crippen MR) is 98.5 cm³/mol. The molecular formula is C19H24N2O3S. The fraction of sp³-hybridized carbons (Fsp3) is 0.526. The van der Waals surface area contributed by atoms with E-state index in [1.807, 2.05) is 6.92 Å². The number of thiophene rings is 1. The van der Waals surface area contributed by atoms with Crippen molar-refractivity contribution < 1.29 is 14.4 Å². The lowest BCUT2D eigenvalue weighted by molar-refractivity contribution is -0.134. The van der Waals surface area contributed by atoms with Crippen LogP contribution < -0.4 is 10.6 Å². The number of rotatable bonds is 2. The molecule has 3 amide bonds. The first-order valence-electron chi connectivity index (χ1n) is 8.82. The first kappa shape index (κ1) is 17.9. The van der Waals surface area contributed by atoms with Gasteiger partial charge in [0.1, 0.15) is 6.04 Å². The fourth-order valence-electron chi connectivity index (χ4n) is 3.57. The Bertz CT molecular complexity index is 776. The van der Waals surface area contributed by atoms with Gasteiger partial charge in [-0.25, -0.2) is 0 Å². The fourth-order valence-corrected chi connectivity index (χ4v) is 4.84. The van der Waals surface area contributed by atoms with E-state index in [9.17, 15) is 14.4 Å². The lowest BCUT2D eigenvalue weighted by atomic mass is 9.92. The number of fused-ring (bicyclic) bond motifs is 1. The molecule has 0 aromatic carbocycles. The van der Waals surface area contributed by atoms with Crippen LogP contribution >= 0.6 is 11.3 Å². The number of imide groups is 1. The normalized spacial score (nSPS) is 24.2. The van der Waals surface area contributed by atoms with E-state index in [2.05, 4.69) is 24.5 Å². The molecule has 1 aromatic heterocycles. The van der Waals surface area contributed by atoms with Crippen LogP contribution in [0.4, 0.5) is 0 Å². The molecule has 1 aliphatic carbocycles. The van der Waals surface area contributed by atoms with Gasteiger partial charge in [0.15, 0.2) is 0 Å². The Morgan fingerprint density at radius 3 is 2.56 bits per heavy atom. The van der Waals surface area contributed by atoms with Gasteiger partial charge in [0, 0.05) is 16.2 Å². The number of carbonyl (C=O) groups excluding carboxylic acids is 3. The van der Waals surface area contributed by atoms with Crippen LogP contribution in [0.5, 0.6) is 0 Å². The lowest BCUT2D eigenvalue weighted by Crippen LogP contribution is -2.52. The number of nitrogens with one attached hydrogen (secondary N) is 2. The van der Waals surface area contributed by atoms with Gasteiger partial charge in [-0.3, -0.25) is 19.7 Å². The number of hydrogen-bond acceptors (Lipinski definition) is 4. The van der Waals surface area contributed by atoms with Gasteiger partial charge in [-0.15, -0.1) is 11.3 Å². The van der Waals surface area contributed by atoms with Crippen LogP contribution in [0, 0.1) is 6.92 Å². The van der Waals surface area contributed by atoms with Crippen LogP contribution in [0.15, 0.2) is 5.57 Å². The Labute approximate surface area is 151 Å². The van der Waals surface area contributed by atoms with Gasteiger partial charge >= 0.3 is 0 Å². The van der Waals surface area contributed by atoms with E-state index < -0.39 is 11.9 Å². The zero-order chi connectivity index (χ0) is 18.1. The standard InChI is InChI=1S/C19H24N2O3S/c1-10-6-4-5-7-13-16(12(3)25-17(13)11(10)2)19(24)20-14-8-9-15(22)21-18(14)23/h14H,4-9H2,1-3H3,(H,20,24)(H,21,22,23)/b11-10-. The number of hydrogen-bond donors (Lipinski definition) is 2. The third kappa shape index (κ3) is 3.54. The van der Waals surface area contributed by atoms with Crippen molar-refractivity contribution in [2.75, 3.05) is 0 Å². The molecule has 1 saturated heterocycles. The molecule has 1 atom stereocenters. The van der Waals surface area contributed by atoms with Crippen LogP contribution in [0.1, 0.15) is 71.6 Å². The topological polar surface area (TPSA) is 75.3 Å². The molecule has 1 unspecified atom stereocenters. The number of piperidine rings is 1. The molecule has 1 aromatic rings. The Morgan fingerprint density at radius 2 is 1.84 bits per heavy atom. The average Bonchev–Trinajstić information content (AvgIpc) is 2.88. The second kappa shape index (κ2) is 7.12. The summed E-state index contributed by atoms with van der Waals surface area (Å²) in [6, 6.07) is -0.632. The van der Waals surface area contributed by atoms with Crippen LogP contribution in [0.3, 0.4) is 0 Å². The summed E-state index contributed by atoms with van der Waals surface area (Å²) in [6.07, 6.45) is 4.82. The minimum absolute atomic E-state index is 0.199. The summed E-state index contributed by atoms with van der Waals surface area (Å²) in [4.78, 5) is 38.3. The molecule has 2 aliphatic rings. The van der Waals surface area contributed by atoms with Crippen molar-refractivity contribution in [2.24, 2.45) is 0 Å². The second-order valence-corrected chi connectivity index (χ2v) is 8.16.